The smallest absolute Gasteiger partial charge is 0.272 e. The second kappa shape index (κ2) is 5.97. The third kappa shape index (κ3) is 3.64. The molecule has 0 saturated carbocycles. The monoisotopic (exact) mass is 288 g/mol. The number of nitro groups is 1. The minimum Gasteiger partial charge on any atom is -0.346 e. The van der Waals surface area contributed by atoms with E-state index >= 15 is 0 Å². The molecule has 1 atom stereocenters. The van der Waals surface area contributed by atoms with E-state index in [1.807, 2.05) is 6.92 Å². The summed E-state index contributed by atoms with van der Waals surface area (Å²) < 4.78 is 13.6. The van der Waals surface area contributed by atoms with Gasteiger partial charge in [-0.1, -0.05) is 6.92 Å². The van der Waals surface area contributed by atoms with Crippen LogP contribution in [-0.2, 0) is 0 Å². The first-order valence-corrected chi connectivity index (χ1v) is 6.19. The SMILES string of the molecule is CCC(C)(CCl)NC(=O)c1ccc([N+](=O)[O-])cc1F. The van der Waals surface area contributed by atoms with E-state index in [1.165, 1.54) is 0 Å². The molecule has 1 amide bonds. The maximum absolute atomic E-state index is 13.6. The average molecular weight is 289 g/mol. The molecule has 0 aliphatic carbocycles. The van der Waals surface area contributed by atoms with Gasteiger partial charge >= 0.3 is 0 Å². The summed E-state index contributed by atoms with van der Waals surface area (Å²) in [5.41, 5.74) is -1.28. The van der Waals surface area contributed by atoms with Gasteiger partial charge in [0, 0.05) is 11.9 Å². The summed E-state index contributed by atoms with van der Waals surface area (Å²) in [7, 11) is 0. The number of hydrogen-bond acceptors (Lipinski definition) is 3. The Kier molecular flexibility index (Phi) is 4.83. The third-order valence-electron chi connectivity index (χ3n) is 2.90. The van der Waals surface area contributed by atoms with Crippen LogP contribution in [0.25, 0.3) is 0 Å². The Morgan fingerprint density at radius 2 is 2.21 bits per heavy atom. The molecule has 1 N–H and O–H groups in total. The van der Waals surface area contributed by atoms with Crippen LogP contribution in [0, 0.1) is 15.9 Å². The van der Waals surface area contributed by atoms with E-state index < -0.39 is 27.9 Å². The van der Waals surface area contributed by atoms with Crippen LogP contribution in [0.4, 0.5) is 10.1 Å². The molecule has 0 bridgehead atoms. The van der Waals surface area contributed by atoms with Crippen molar-refractivity contribution in [1.82, 2.24) is 5.32 Å². The van der Waals surface area contributed by atoms with Crippen molar-refractivity contribution < 1.29 is 14.1 Å². The number of alkyl halides is 1. The molecule has 0 fully saturated rings. The van der Waals surface area contributed by atoms with Crippen molar-refractivity contribution in [2.75, 3.05) is 5.88 Å². The number of halogens is 2. The number of nitrogens with one attached hydrogen (secondary N) is 1. The van der Waals surface area contributed by atoms with Crippen LogP contribution in [0.1, 0.15) is 30.6 Å². The lowest BCUT2D eigenvalue weighted by Gasteiger charge is -2.27. The van der Waals surface area contributed by atoms with Crippen LogP contribution < -0.4 is 5.32 Å². The number of hydrogen-bond donors (Lipinski definition) is 1. The number of amides is 1. The van der Waals surface area contributed by atoms with Crippen molar-refractivity contribution in [3.8, 4) is 0 Å². The number of nitrogens with zero attached hydrogens (tertiary/aromatic N) is 1. The van der Waals surface area contributed by atoms with Gasteiger partial charge in [0.25, 0.3) is 11.6 Å². The summed E-state index contributed by atoms with van der Waals surface area (Å²) in [6.45, 7) is 3.58. The van der Waals surface area contributed by atoms with Gasteiger partial charge < -0.3 is 5.32 Å². The van der Waals surface area contributed by atoms with E-state index in [4.69, 9.17) is 11.6 Å². The standard InChI is InChI=1S/C12H14ClFN2O3/c1-3-12(2,7-13)15-11(17)9-5-4-8(16(18)19)6-10(9)14/h4-6H,3,7H2,1-2H3,(H,15,17). The van der Waals surface area contributed by atoms with Gasteiger partial charge in [0.05, 0.1) is 22.1 Å². The van der Waals surface area contributed by atoms with Crippen LogP contribution >= 0.6 is 11.6 Å². The van der Waals surface area contributed by atoms with E-state index in [1.54, 1.807) is 6.92 Å². The largest absolute Gasteiger partial charge is 0.346 e. The Morgan fingerprint density at radius 1 is 1.58 bits per heavy atom. The minimum atomic E-state index is -0.931. The molecular weight excluding hydrogens is 275 g/mol. The summed E-state index contributed by atoms with van der Waals surface area (Å²) in [6.07, 6.45) is 0.580. The fraction of sp³-hybridized carbons (Fsp3) is 0.417. The summed E-state index contributed by atoms with van der Waals surface area (Å²) in [5.74, 6) is -1.39. The zero-order valence-corrected chi connectivity index (χ0v) is 11.3. The lowest BCUT2D eigenvalue weighted by Crippen LogP contribution is -2.47. The average Bonchev–Trinajstić information content (AvgIpc) is 2.38. The number of non-ortho nitro benzene ring substituents is 1. The Bertz CT molecular complexity index is 504. The number of nitro benzene ring substituents is 1. The topological polar surface area (TPSA) is 72.2 Å². The van der Waals surface area contributed by atoms with E-state index in [0.717, 1.165) is 18.2 Å². The fourth-order valence-corrected chi connectivity index (χ4v) is 1.62. The molecule has 0 radical (unpaired) electrons. The highest BCUT2D eigenvalue weighted by Gasteiger charge is 2.25. The van der Waals surface area contributed by atoms with Crippen molar-refractivity contribution in [2.45, 2.75) is 25.8 Å². The quantitative estimate of drug-likeness (QED) is 0.514. The minimum absolute atomic E-state index is 0.184. The molecule has 7 heteroatoms. The molecule has 0 aromatic heterocycles. The van der Waals surface area contributed by atoms with Gasteiger partial charge in [-0.2, -0.15) is 0 Å². The van der Waals surface area contributed by atoms with Crippen molar-refractivity contribution in [1.29, 1.82) is 0 Å². The van der Waals surface area contributed by atoms with Gasteiger partial charge in [-0.3, -0.25) is 14.9 Å². The van der Waals surface area contributed by atoms with Gasteiger partial charge in [-0.15, -0.1) is 11.6 Å². The second-order valence-corrected chi connectivity index (χ2v) is 4.69. The number of benzene rings is 1. The van der Waals surface area contributed by atoms with Crippen LogP contribution in [-0.4, -0.2) is 22.2 Å². The van der Waals surface area contributed by atoms with Gasteiger partial charge in [0.2, 0.25) is 0 Å². The van der Waals surface area contributed by atoms with Gasteiger partial charge in [0.15, 0.2) is 0 Å². The Morgan fingerprint density at radius 3 is 2.63 bits per heavy atom. The molecule has 1 aromatic carbocycles. The predicted molar refractivity (Wildman–Crippen MR) is 69.9 cm³/mol. The Hall–Kier alpha value is -1.69. The molecule has 104 valence electrons. The maximum atomic E-state index is 13.6. The molecule has 1 aromatic rings. The second-order valence-electron chi connectivity index (χ2n) is 4.42. The van der Waals surface area contributed by atoms with Crippen LogP contribution in [0.5, 0.6) is 0 Å². The molecule has 0 saturated heterocycles. The number of rotatable bonds is 5. The van der Waals surface area contributed by atoms with Crippen molar-refractivity contribution in [2.24, 2.45) is 0 Å². The van der Waals surface area contributed by atoms with Gasteiger partial charge in [0.1, 0.15) is 5.82 Å². The summed E-state index contributed by atoms with van der Waals surface area (Å²) in [5, 5.41) is 13.1. The van der Waals surface area contributed by atoms with Crippen molar-refractivity contribution in [3.63, 3.8) is 0 Å². The highest BCUT2D eigenvalue weighted by Crippen LogP contribution is 2.18. The van der Waals surface area contributed by atoms with Gasteiger partial charge in [-0.05, 0) is 19.4 Å². The molecular formula is C12H14ClFN2O3. The summed E-state index contributed by atoms with van der Waals surface area (Å²) >= 11 is 5.75. The number of carbonyl (C=O) groups is 1. The normalized spacial score (nSPS) is 13.7. The zero-order valence-electron chi connectivity index (χ0n) is 10.6. The van der Waals surface area contributed by atoms with Crippen molar-refractivity contribution >= 4 is 23.2 Å². The van der Waals surface area contributed by atoms with E-state index in [0.29, 0.717) is 6.42 Å². The van der Waals surface area contributed by atoms with Crippen molar-refractivity contribution in [3.05, 3.63) is 39.7 Å². The maximum Gasteiger partial charge on any atom is 0.272 e. The van der Waals surface area contributed by atoms with Gasteiger partial charge in [-0.25, -0.2) is 4.39 Å². The highest BCUT2D eigenvalue weighted by atomic mass is 35.5. The Balaban J connectivity index is 2.98. The van der Waals surface area contributed by atoms with E-state index in [9.17, 15) is 19.3 Å². The number of carbonyl (C=O) groups excluding carboxylic acids is 1. The van der Waals surface area contributed by atoms with Crippen LogP contribution in [0.3, 0.4) is 0 Å². The summed E-state index contributed by atoms with van der Waals surface area (Å²) in [6, 6.07) is 2.90. The van der Waals surface area contributed by atoms with E-state index in [-0.39, 0.29) is 11.4 Å². The lowest BCUT2D eigenvalue weighted by molar-refractivity contribution is -0.385. The Labute approximate surface area is 114 Å². The zero-order chi connectivity index (χ0) is 14.6. The van der Waals surface area contributed by atoms with E-state index in [2.05, 4.69) is 5.32 Å². The molecule has 5 nitrogen and oxygen atoms in total. The lowest BCUT2D eigenvalue weighted by atomic mass is 10.0. The highest BCUT2D eigenvalue weighted by molar-refractivity contribution is 6.18. The molecule has 0 heterocycles. The van der Waals surface area contributed by atoms with Crippen LogP contribution in [0.15, 0.2) is 18.2 Å². The van der Waals surface area contributed by atoms with Crippen LogP contribution in [0.2, 0.25) is 0 Å². The first-order chi connectivity index (χ1) is 8.83. The molecule has 0 aliphatic rings. The molecule has 1 rings (SSSR count). The first-order valence-electron chi connectivity index (χ1n) is 5.65. The third-order valence-corrected chi connectivity index (χ3v) is 3.49. The summed E-state index contributed by atoms with van der Waals surface area (Å²) in [4.78, 5) is 21.7. The molecule has 1 unspecified atom stereocenters. The molecule has 0 aliphatic heterocycles. The predicted octanol–water partition coefficient (Wildman–Crippen LogP) is 2.87. The first kappa shape index (κ1) is 15.4. The molecule has 0 spiro atoms. The fourth-order valence-electron chi connectivity index (χ4n) is 1.36. The molecule has 19 heavy (non-hydrogen) atoms.